The number of likely N-dealkylation sites (N-methyl/N-ethyl adjacent to an activating group) is 1. The van der Waals surface area contributed by atoms with Crippen LogP contribution in [0.25, 0.3) is 0 Å². The first-order valence-corrected chi connectivity index (χ1v) is 5.43. The van der Waals surface area contributed by atoms with Gasteiger partial charge in [-0.2, -0.15) is 0 Å². The second kappa shape index (κ2) is 6.98. The van der Waals surface area contributed by atoms with Gasteiger partial charge in [0.25, 0.3) is 0 Å². The van der Waals surface area contributed by atoms with E-state index >= 15 is 0 Å². The number of amides is 1. The molecule has 0 spiro atoms. The second-order valence-electron chi connectivity index (χ2n) is 3.84. The zero-order valence-electron chi connectivity index (χ0n) is 9.82. The average Bonchev–Trinajstić information content (AvgIpc) is 2.29. The fourth-order valence-electron chi connectivity index (χ4n) is 1.47. The number of halogens is 1. The summed E-state index contributed by atoms with van der Waals surface area (Å²) < 4.78 is 13.3. The molecule has 0 fully saturated rings. The van der Waals surface area contributed by atoms with E-state index in [-0.39, 0.29) is 31.4 Å². The Balaban J connectivity index is 2.42. The lowest BCUT2D eigenvalue weighted by Gasteiger charge is -2.16. The second-order valence-corrected chi connectivity index (χ2v) is 3.84. The molecule has 0 atom stereocenters. The summed E-state index contributed by atoms with van der Waals surface area (Å²) in [6.07, 6.45) is 0. The highest BCUT2D eigenvalue weighted by Gasteiger charge is 2.08. The van der Waals surface area contributed by atoms with Crippen molar-refractivity contribution in [3.05, 3.63) is 35.6 Å². The maximum absolute atomic E-state index is 13.3. The lowest BCUT2D eigenvalue weighted by Crippen LogP contribution is -2.36. The molecule has 17 heavy (non-hydrogen) atoms. The smallest absolute Gasteiger partial charge is 0.234 e. The van der Waals surface area contributed by atoms with Crippen LogP contribution in [0, 0.1) is 5.82 Å². The van der Waals surface area contributed by atoms with Gasteiger partial charge in [0.05, 0.1) is 13.2 Å². The highest BCUT2D eigenvalue weighted by molar-refractivity contribution is 5.77. The van der Waals surface area contributed by atoms with Gasteiger partial charge >= 0.3 is 0 Å². The number of aliphatic hydroxyl groups is 1. The van der Waals surface area contributed by atoms with Gasteiger partial charge in [-0.3, -0.25) is 9.69 Å². The van der Waals surface area contributed by atoms with Crippen LogP contribution in [0.15, 0.2) is 24.3 Å². The van der Waals surface area contributed by atoms with Gasteiger partial charge in [0.15, 0.2) is 0 Å². The average molecular weight is 240 g/mol. The number of nitrogens with one attached hydrogen (secondary N) is 1. The first-order valence-electron chi connectivity index (χ1n) is 5.43. The lowest BCUT2D eigenvalue weighted by atomic mass is 10.2. The Morgan fingerprint density at radius 2 is 2.18 bits per heavy atom. The number of benzene rings is 1. The molecular formula is C12H17FN2O2. The SMILES string of the molecule is CN(CC(=O)NCCO)Cc1ccccc1F. The highest BCUT2D eigenvalue weighted by Crippen LogP contribution is 2.08. The summed E-state index contributed by atoms with van der Waals surface area (Å²) in [5.41, 5.74) is 0.560. The molecule has 0 aromatic heterocycles. The van der Waals surface area contributed by atoms with Gasteiger partial charge in [-0.05, 0) is 13.1 Å². The van der Waals surface area contributed by atoms with E-state index in [0.29, 0.717) is 12.1 Å². The topological polar surface area (TPSA) is 52.6 Å². The fourth-order valence-corrected chi connectivity index (χ4v) is 1.47. The van der Waals surface area contributed by atoms with E-state index in [0.717, 1.165) is 0 Å². The van der Waals surface area contributed by atoms with Crippen LogP contribution in [-0.4, -0.2) is 42.7 Å². The number of nitrogens with zero attached hydrogens (tertiary/aromatic N) is 1. The van der Waals surface area contributed by atoms with Crippen molar-refractivity contribution in [1.82, 2.24) is 10.2 Å². The van der Waals surface area contributed by atoms with E-state index in [4.69, 9.17) is 5.11 Å². The number of hydrogen-bond donors (Lipinski definition) is 2. The molecule has 0 aliphatic heterocycles. The van der Waals surface area contributed by atoms with Gasteiger partial charge in [-0.25, -0.2) is 4.39 Å². The van der Waals surface area contributed by atoms with Crippen LogP contribution in [0.2, 0.25) is 0 Å². The van der Waals surface area contributed by atoms with Crippen LogP contribution in [0.1, 0.15) is 5.56 Å². The predicted octanol–water partition coefficient (Wildman–Crippen LogP) is 0.366. The molecule has 0 unspecified atom stereocenters. The number of rotatable bonds is 6. The summed E-state index contributed by atoms with van der Waals surface area (Å²) in [4.78, 5) is 13.0. The predicted molar refractivity (Wildman–Crippen MR) is 62.8 cm³/mol. The van der Waals surface area contributed by atoms with Gasteiger partial charge in [0, 0.05) is 18.7 Å². The van der Waals surface area contributed by atoms with Crippen molar-refractivity contribution in [3.8, 4) is 0 Å². The van der Waals surface area contributed by atoms with Gasteiger partial charge in [-0.15, -0.1) is 0 Å². The molecule has 4 nitrogen and oxygen atoms in total. The summed E-state index contributed by atoms with van der Waals surface area (Å²) in [7, 11) is 1.74. The third-order valence-corrected chi connectivity index (χ3v) is 2.25. The molecule has 0 bridgehead atoms. The Kier molecular flexibility index (Phi) is 5.59. The van der Waals surface area contributed by atoms with Crippen molar-refractivity contribution in [1.29, 1.82) is 0 Å². The zero-order valence-corrected chi connectivity index (χ0v) is 9.82. The van der Waals surface area contributed by atoms with E-state index in [1.807, 2.05) is 0 Å². The maximum atomic E-state index is 13.3. The molecule has 5 heteroatoms. The third kappa shape index (κ3) is 4.93. The van der Waals surface area contributed by atoms with Gasteiger partial charge in [0.1, 0.15) is 5.82 Å². The molecule has 94 valence electrons. The van der Waals surface area contributed by atoms with Crippen LogP contribution >= 0.6 is 0 Å². The van der Waals surface area contributed by atoms with E-state index in [1.54, 1.807) is 30.1 Å². The summed E-state index contributed by atoms with van der Waals surface area (Å²) in [5.74, 6) is -0.451. The van der Waals surface area contributed by atoms with E-state index in [9.17, 15) is 9.18 Å². The largest absolute Gasteiger partial charge is 0.395 e. The van der Waals surface area contributed by atoms with E-state index in [2.05, 4.69) is 5.32 Å². The molecule has 0 aliphatic carbocycles. The molecule has 2 N–H and O–H groups in total. The Bertz CT molecular complexity index is 371. The molecule has 1 aromatic rings. The summed E-state index contributed by atoms with van der Waals surface area (Å²) in [6, 6.07) is 6.48. The third-order valence-electron chi connectivity index (χ3n) is 2.25. The van der Waals surface area contributed by atoms with E-state index < -0.39 is 0 Å². The highest BCUT2D eigenvalue weighted by atomic mass is 19.1. The zero-order chi connectivity index (χ0) is 12.7. The Labute approximate surface area is 100 Å². The quantitative estimate of drug-likeness (QED) is 0.755. The normalized spacial score (nSPS) is 10.6. The van der Waals surface area contributed by atoms with Crippen LogP contribution in [0.3, 0.4) is 0 Å². The van der Waals surface area contributed by atoms with Crippen molar-refractivity contribution in [3.63, 3.8) is 0 Å². The van der Waals surface area contributed by atoms with Crippen LogP contribution in [0.5, 0.6) is 0 Å². The van der Waals surface area contributed by atoms with Crippen molar-refractivity contribution < 1.29 is 14.3 Å². The van der Waals surface area contributed by atoms with Crippen molar-refractivity contribution in [2.75, 3.05) is 26.7 Å². The summed E-state index contributed by atoms with van der Waals surface area (Å²) >= 11 is 0. The molecule has 1 rings (SSSR count). The van der Waals surface area contributed by atoms with Gasteiger partial charge in [0.2, 0.25) is 5.91 Å². The number of aliphatic hydroxyl groups excluding tert-OH is 1. The molecule has 1 amide bonds. The minimum absolute atomic E-state index is 0.0806. The van der Waals surface area contributed by atoms with Crippen LogP contribution in [0.4, 0.5) is 4.39 Å². The van der Waals surface area contributed by atoms with Crippen molar-refractivity contribution in [2.45, 2.75) is 6.54 Å². The minimum atomic E-state index is -0.268. The molecule has 0 saturated carbocycles. The molecule has 1 aromatic carbocycles. The van der Waals surface area contributed by atoms with E-state index in [1.165, 1.54) is 6.07 Å². The van der Waals surface area contributed by atoms with Gasteiger partial charge in [-0.1, -0.05) is 18.2 Å². The first-order chi connectivity index (χ1) is 8.13. The summed E-state index contributed by atoms with van der Waals surface area (Å²) in [6.45, 7) is 0.711. The summed E-state index contributed by atoms with van der Waals surface area (Å²) in [5, 5.41) is 11.1. The first kappa shape index (κ1) is 13.6. The van der Waals surface area contributed by atoms with Crippen LogP contribution < -0.4 is 5.32 Å². The van der Waals surface area contributed by atoms with Crippen LogP contribution in [-0.2, 0) is 11.3 Å². The molecule has 0 aliphatic rings. The molecule has 0 heterocycles. The monoisotopic (exact) mass is 240 g/mol. The number of carbonyl (C=O) groups is 1. The van der Waals surface area contributed by atoms with Crippen molar-refractivity contribution in [2.24, 2.45) is 0 Å². The minimum Gasteiger partial charge on any atom is -0.395 e. The molecular weight excluding hydrogens is 223 g/mol. The Morgan fingerprint density at radius 1 is 1.47 bits per heavy atom. The molecule has 0 radical (unpaired) electrons. The standard InChI is InChI=1S/C12H17FN2O2/c1-15(9-12(17)14-6-7-16)8-10-4-2-3-5-11(10)13/h2-5,16H,6-9H2,1H3,(H,14,17). The Hall–Kier alpha value is -1.46. The lowest BCUT2D eigenvalue weighted by molar-refractivity contribution is -0.122. The van der Waals surface area contributed by atoms with Gasteiger partial charge < -0.3 is 10.4 Å². The Morgan fingerprint density at radius 3 is 2.82 bits per heavy atom. The fraction of sp³-hybridized carbons (Fsp3) is 0.417. The number of carbonyl (C=O) groups excluding carboxylic acids is 1. The molecule has 0 saturated heterocycles. The number of hydrogen-bond acceptors (Lipinski definition) is 3. The van der Waals surface area contributed by atoms with Crippen molar-refractivity contribution >= 4 is 5.91 Å². The maximum Gasteiger partial charge on any atom is 0.234 e.